The number of benzene rings is 1. The summed E-state index contributed by atoms with van der Waals surface area (Å²) in [7, 11) is -3.82. The Bertz CT molecular complexity index is 872. The first-order valence-corrected chi connectivity index (χ1v) is 12.4. The zero-order chi connectivity index (χ0) is 22.2. The van der Waals surface area contributed by atoms with Crippen LogP contribution < -0.4 is 10.2 Å². The Morgan fingerprint density at radius 2 is 1.83 bits per heavy atom. The Morgan fingerprint density at radius 3 is 2.28 bits per heavy atom. The van der Waals surface area contributed by atoms with Gasteiger partial charge in [0.2, 0.25) is 0 Å². The summed E-state index contributed by atoms with van der Waals surface area (Å²) in [6.45, 7) is 2.00. The number of hydrogen-bond donors (Lipinski definition) is 2. The van der Waals surface area contributed by atoms with Gasteiger partial charge in [-0.1, -0.05) is 38.8 Å². The van der Waals surface area contributed by atoms with E-state index in [1.165, 1.54) is 13.0 Å². The van der Waals surface area contributed by atoms with Crippen molar-refractivity contribution in [2.45, 2.75) is 18.2 Å². The number of carboxylic acids is 1. The van der Waals surface area contributed by atoms with Crippen molar-refractivity contribution >= 4 is 64.9 Å². The molecule has 0 saturated heterocycles. The molecule has 10 nitrogen and oxygen atoms in total. The number of halogens is 2. The Hall–Kier alpha value is -1.73. The summed E-state index contributed by atoms with van der Waals surface area (Å²) >= 11 is 6.59. The van der Waals surface area contributed by atoms with Crippen molar-refractivity contribution in [3.05, 3.63) is 27.8 Å². The number of carboxylic acid groups (broad SMARTS) is 1. The number of amides is 1. The van der Waals surface area contributed by atoms with Gasteiger partial charge in [-0.25, -0.2) is 8.42 Å². The van der Waals surface area contributed by atoms with Crippen LogP contribution >= 0.6 is 31.9 Å². The van der Waals surface area contributed by atoms with Gasteiger partial charge in [-0.05, 0) is 6.07 Å². The van der Waals surface area contributed by atoms with Gasteiger partial charge in [0.15, 0.2) is 9.84 Å². The molecule has 0 unspecified atom stereocenters. The topological polar surface area (TPSA) is 147 Å². The van der Waals surface area contributed by atoms with E-state index in [9.17, 15) is 28.1 Å². The zero-order valence-electron chi connectivity index (χ0n) is 15.6. The molecule has 0 aliphatic heterocycles. The number of rotatable bonds is 12. The Kier molecular flexibility index (Phi) is 10.00. The molecule has 13 heteroatoms. The lowest BCUT2D eigenvalue weighted by atomic mass is 10.1. The molecule has 1 amide bonds. The van der Waals surface area contributed by atoms with Gasteiger partial charge >= 0.3 is 5.97 Å². The van der Waals surface area contributed by atoms with E-state index < -0.39 is 32.3 Å². The lowest BCUT2D eigenvalue weighted by molar-refractivity contribution is -0.385. The predicted octanol–water partition coefficient (Wildman–Crippen LogP) is 2.19. The van der Waals surface area contributed by atoms with E-state index in [0.717, 1.165) is 6.07 Å². The normalized spacial score (nSPS) is 11.1. The second-order valence-electron chi connectivity index (χ2n) is 5.76. The Balaban J connectivity index is 3.63. The standard InChI is InChI=1S/C16H21Br2N3O7S/c1-2-29(27,28)14-10-12(21(25)26)11(16(24)19-6-3-15(22)23)9-13(14)20(7-4-17)8-5-18/h9-10H,2-8H2,1H3,(H,19,24)(H,22,23). The second-order valence-corrected chi connectivity index (χ2v) is 9.59. The Labute approximate surface area is 185 Å². The maximum absolute atomic E-state index is 12.6. The summed E-state index contributed by atoms with van der Waals surface area (Å²) in [4.78, 5) is 35.3. The molecule has 0 heterocycles. The quantitative estimate of drug-likeness (QED) is 0.225. The Morgan fingerprint density at radius 1 is 1.24 bits per heavy atom. The fraction of sp³-hybridized carbons (Fsp3) is 0.500. The van der Waals surface area contributed by atoms with Crippen molar-refractivity contribution in [2.24, 2.45) is 0 Å². The van der Waals surface area contributed by atoms with E-state index >= 15 is 0 Å². The van der Waals surface area contributed by atoms with E-state index in [2.05, 4.69) is 37.2 Å². The van der Waals surface area contributed by atoms with Crippen LogP contribution in [0.4, 0.5) is 11.4 Å². The van der Waals surface area contributed by atoms with E-state index in [-0.39, 0.29) is 34.9 Å². The van der Waals surface area contributed by atoms with Crippen LogP contribution in [0.2, 0.25) is 0 Å². The third kappa shape index (κ3) is 6.93. The molecule has 0 aliphatic carbocycles. The maximum Gasteiger partial charge on any atom is 0.305 e. The fourth-order valence-electron chi connectivity index (χ4n) is 2.48. The molecule has 0 radical (unpaired) electrons. The molecule has 1 rings (SSSR count). The van der Waals surface area contributed by atoms with Crippen LogP contribution in [0.1, 0.15) is 23.7 Å². The van der Waals surface area contributed by atoms with Gasteiger partial charge < -0.3 is 15.3 Å². The van der Waals surface area contributed by atoms with Crippen molar-refractivity contribution in [3.8, 4) is 0 Å². The summed E-state index contributed by atoms with van der Waals surface area (Å²) in [6, 6.07) is 2.08. The molecular weight excluding hydrogens is 538 g/mol. The largest absolute Gasteiger partial charge is 0.481 e. The second kappa shape index (κ2) is 11.5. The molecular formula is C16H21Br2N3O7S. The summed E-state index contributed by atoms with van der Waals surface area (Å²) in [5.74, 6) is -2.25. The summed E-state index contributed by atoms with van der Waals surface area (Å²) in [6.07, 6.45) is -0.353. The number of alkyl halides is 2. The molecule has 0 aromatic heterocycles. The third-order valence-electron chi connectivity index (χ3n) is 3.91. The van der Waals surface area contributed by atoms with Crippen LogP contribution in [0.3, 0.4) is 0 Å². The van der Waals surface area contributed by atoms with Crippen molar-refractivity contribution < 1.29 is 28.0 Å². The van der Waals surface area contributed by atoms with Crippen LogP contribution in [0.25, 0.3) is 0 Å². The monoisotopic (exact) mass is 557 g/mol. The van der Waals surface area contributed by atoms with Crippen molar-refractivity contribution in [3.63, 3.8) is 0 Å². The van der Waals surface area contributed by atoms with Gasteiger partial charge in [0.05, 0.1) is 27.7 Å². The number of hydrogen-bond acceptors (Lipinski definition) is 7. The van der Waals surface area contributed by atoms with Crippen molar-refractivity contribution in [2.75, 3.05) is 40.9 Å². The van der Waals surface area contributed by atoms with Crippen molar-refractivity contribution in [1.82, 2.24) is 5.32 Å². The fourth-order valence-corrected chi connectivity index (χ4v) is 4.44. The molecule has 1 aromatic carbocycles. The highest BCUT2D eigenvalue weighted by molar-refractivity contribution is 9.09. The molecule has 0 bridgehead atoms. The van der Waals surface area contributed by atoms with Gasteiger partial charge in [-0.3, -0.25) is 19.7 Å². The lowest BCUT2D eigenvalue weighted by Gasteiger charge is -2.26. The van der Waals surface area contributed by atoms with Gasteiger partial charge in [-0.2, -0.15) is 0 Å². The van der Waals surface area contributed by atoms with Crippen molar-refractivity contribution in [1.29, 1.82) is 0 Å². The van der Waals surface area contributed by atoms with Gasteiger partial charge in [0.1, 0.15) is 5.56 Å². The number of nitrogens with zero attached hydrogens (tertiary/aromatic N) is 2. The highest BCUT2D eigenvalue weighted by atomic mass is 79.9. The number of carbonyl (C=O) groups is 2. The van der Waals surface area contributed by atoms with Crippen LogP contribution in [-0.4, -0.2) is 66.4 Å². The minimum atomic E-state index is -3.82. The molecule has 162 valence electrons. The zero-order valence-corrected chi connectivity index (χ0v) is 19.5. The van der Waals surface area contributed by atoms with Gasteiger partial charge in [0.25, 0.3) is 11.6 Å². The van der Waals surface area contributed by atoms with Crippen LogP contribution in [0.5, 0.6) is 0 Å². The van der Waals surface area contributed by atoms with Crippen LogP contribution in [0.15, 0.2) is 17.0 Å². The molecule has 0 saturated carbocycles. The minimum absolute atomic E-state index is 0.180. The maximum atomic E-state index is 12.6. The first kappa shape index (κ1) is 25.3. The molecule has 0 fully saturated rings. The number of nitro benzene ring substituents is 1. The van der Waals surface area contributed by atoms with Gasteiger partial charge in [0, 0.05) is 36.4 Å². The number of carbonyl (C=O) groups excluding carboxylic acids is 1. The first-order valence-electron chi connectivity index (χ1n) is 8.51. The number of sulfone groups is 1. The highest BCUT2D eigenvalue weighted by Crippen LogP contribution is 2.34. The predicted molar refractivity (Wildman–Crippen MR) is 115 cm³/mol. The lowest BCUT2D eigenvalue weighted by Crippen LogP contribution is -2.31. The van der Waals surface area contributed by atoms with E-state index in [0.29, 0.717) is 23.7 Å². The highest BCUT2D eigenvalue weighted by Gasteiger charge is 2.29. The molecule has 0 aliphatic rings. The molecule has 1 aromatic rings. The summed E-state index contributed by atoms with van der Waals surface area (Å²) in [5.41, 5.74) is -0.814. The minimum Gasteiger partial charge on any atom is -0.481 e. The summed E-state index contributed by atoms with van der Waals surface area (Å²) < 4.78 is 25.2. The SMILES string of the molecule is CCS(=O)(=O)c1cc([N+](=O)[O-])c(C(=O)NCCC(=O)O)cc1N(CCBr)CCBr. The third-order valence-corrected chi connectivity index (χ3v) is 6.37. The number of nitrogens with one attached hydrogen (secondary N) is 1. The van der Waals surface area contributed by atoms with Crippen LogP contribution in [-0.2, 0) is 14.6 Å². The molecule has 2 N–H and O–H groups in total. The number of nitro groups is 1. The molecule has 29 heavy (non-hydrogen) atoms. The molecule has 0 atom stereocenters. The van der Waals surface area contributed by atoms with Gasteiger partial charge in [-0.15, -0.1) is 0 Å². The van der Waals surface area contributed by atoms with E-state index in [1.54, 1.807) is 4.90 Å². The smallest absolute Gasteiger partial charge is 0.305 e. The average Bonchev–Trinajstić information content (AvgIpc) is 2.66. The van der Waals surface area contributed by atoms with Crippen LogP contribution in [0, 0.1) is 10.1 Å². The van der Waals surface area contributed by atoms with E-state index in [4.69, 9.17) is 5.11 Å². The first-order chi connectivity index (χ1) is 13.6. The number of anilines is 1. The average molecular weight is 559 g/mol. The summed E-state index contributed by atoms with van der Waals surface area (Å²) in [5, 5.41) is 23.5. The van der Waals surface area contributed by atoms with E-state index in [1.807, 2.05) is 0 Å². The number of aliphatic carboxylic acids is 1. The molecule has 0 spiro atoms.